The van der Waals surface area contributed by atoms with E-state index in [0.717, 1.165) is 30.9 Å². The van der Waals surface area contributed by atoms with Crippen LogP contribution in [0.3, 0.4) is 0 Å². The second-order valence-corrected chi connectivity index (χ2v) is 4.86. The molecule has 1 unspecified atom stereocenters. The van der Waals surface area contributed by atoms with E-state index in [2.05, 4.69) is 30.9 Å². The van der Waals surface area contributed by atoms with Gasteiger partial charge >= 0.3 is 0 Å². The van der Waals surface area contributed by atoms with E-state index in [1.54, 1.807) is 0 Å². The van der Waals surface area contributed by atoms with Crippen molar-refractivity contribution in [2.45, 2.75) is 52.5 Å². The monoisotopic (exact) mass is 224 g/mol. The molecular formula is C12H24N4. The molecule has 1 rings (SSSR count). The summed E-state index contributed by atoms with van der Waals surface area (Å²) in [6.45, 7) is 6.52. The molecule has 0 aliphatic carbocycles. The maximum Gasteiger partial charge on any atom is 0.151 e. The topological polar surface area (TPSA) is 56.7 Å². The summed E-state index contributed by atoms with van der Waals surface area (Å²) < 4.78 is 1.83. The van der Waals surface area contributed by atoms with Crippen molar-refractivity contribution < 1.29 is 0 Å². The first kappa shape index (κ1) is 13.2. The van der Waals surface area contributed by atoms with Crippen molar-refractivity contribution in [2.75, 3.05) is 0 Å². The van der Waals surface area contributed by atoms with Crippen molar-refractivity contribution in [3.05, 3.63) is 11.6 Å². The molecule has 16 heavy (non-hydrogen) atoms. The summed E-state index contributed by atoms with van der Waals surface area (Å²) in [5, 5.41) is 4.41. The number of aromatic nitrogens is 3. The van der Waals surface area contributed by atoms with Gasteiger partial charge in [-0.1, -0.05) is 33.6 Å². The van der Waals surface area contributed by atoms with Crippen LogP contribution in [0.25, 0.3) is 0 Å². The number of nitrogens with zero attached hydrogens (tertiary/aromatic N) is 3. The molecule has 4 nitrogen and oxygen atoms in total. The summed E-state index contributed by atoms with van der Waals surface area (Å²) in [4.78, 5) is 4.53. The standard InChI is InChI=1S/C12H24N4/c1-5-6-7-10(13)12-14-11(8-9(2)3)15-16(12)4/h9-10H,5-8,13H2,1-4H3. The van der Waals surface area contributed by atoms with E-state index >= 15 is 0 Å². The van der Waals surface area contributed by atoms with Crippen molar-refractivity contribution >= 4 is 0 Å². The van der Waals surface area contributed by atoms with Gasteiger partial charge in [0.05, 0.1) is 6.04 Å². The van der Waals surface area contributed by atoms with Crippen LogP contribution in [0.1, 0.15) is 57.7 Å². The summed E-state index contributed by atoms with van der Waals surface area (Å²) in [6.07, 6.45) is 4.23. The molecule has 0 radical (unpaired) electrons. The van der Waals surface area contributed by atoms with Gasteiger partial charge in [-0.2, -0.15) is 5.10 Å². The number of unbranched alkanes of at least 4 members (excludes halogenated alkanes) is 1. The summed E-state index contributed by atoms with van der Waals surface area (Å²) in [5.41, 5.74) is 6.10. The Kier molecular flexibility index (Phi) is 4.93. The molecular weight excluding hydrogens is 200 g/mol. The highest BCUT2D eigenvalue weighted by Gasteiger charge is 2.14. The van der Waals surface area contributed by atoms with Gasteiger partial charge < -0.3 is 5.73 Å². The fourth-order valence-corrected chi connectivity index (χ4v) is 1.78. The molecule has 1 aromatic rings. The van der Waals surface area contributed by atoms with E-state index in [1.807, 2.05) is 11.7 Å². The van der Waals surface area contributed by atoms with E-state index in [1.165, 1.54) is 6.42 Å². The maximum absolute atomic E-state index is 6.10. The molecule has 0 aliphatic heterocycles. The zero-order valence-corrected chi connectivity index (χ0v) is 10.9. The summed E-state index contributed by atoms with van der Waals surface area (Å²) in [6, 6.07) is 0.0263. The summed E-state index contributed by atoms with van der Waals surface area (Å²) in [5.74, 6) is 2.42. The van der Waals surface area contributed by atoms with Crippen LogP contribution in [-0.4, -0.2) is 14.8 Å². The van der Waals surface area contributed by atoms with Crippen LogP contribution >= 0.6 is 0 Å². The number of hydrogen-bond acceptors (Lipinski definition) is 3. The molecule has 0 aliphatic rings. The Labute approximate surface area is 98.2 Å². The molecule has 1 atom stereocenters. The third-order valence-electron chi connectivity index (χ3n) is 2.63. The smallest absolute Gasteiger partial charge is 0.151 e. The van der Waals surface area contributed by atoms with Gasteiger partial charge in [-0.3, -0.25) is 4.68 Å². The van der Waals surface area contributed by atoms with Crippen LogP contribution in [-0.2, 0) is 13.5 Å². The van der Waals surface area contributed by atoms with Crippen molar-refractivity contribution in [1.29, 1.82) is 0 Å². The van der Waals surface area contributed by atoms with E-state index in [0.29, 0.717) is 5.92 Å². The fraction of sp³-hybridized carbons (Fsp3) is 0.833. The lowest BCUT2D eigenvalue weighted by atomic mass is 10.1. The Morgan fingerprint density at radius 3 is 2.62 bits per heavy atom. The minimum atomic E-state index is 0.0263. The second-order valence-electron chi connectivity index (χ2n) is 4.86. The zero-order chi connectivity index (χ0) is 12.1. The molecule has 4 heteroatoms. The molecule has 0 amide bonds. The number of aryl methyl sites for hydroxylation is 1. The van der Waals surface area contributed by atoms with Crippen LogP contribution in [0.15, 0.2) is 0 Å². The predicted octanol–water partition coefficient (Wildman–Crippen LogP) is 2.20. The molecule has 0 bridgehead atoms. The van der Waals surface area contributed by atoms with Crippen LogP contribution < -0.4 is 5.73 Å². The quantitative estimate of drug-likeness (QED) is 0.806. The van der Waals surface area contributed by atoms with Crippen molar-refractivity contribution in [2.24, 2.45) is 18.7 Å². The van der Waals surface area contributed by atoms with E-state index < -0.39 is 0 Å². The average Bonchev–Trinajstić information content (AvgIpc) is 2.54. The number of hydrogen-bond donors (Lipinski definition) is 1. The largest absolute Gasteiger partial charge is 0.321 e. The predicted molar refractivity (Wildman–Crippen MR) is 66.0 cm³/mol. The Balaban J connectivity index is 2.68. The van der Waals surface area contributed by atoms with Gasteiger partial charge in [0.15, 0.2) is 5.82 Å². The van der Waals surface area contributed by atoms with Gasteiger partial charge in [0.25, 0.3) is 0 Å². The Hall–Kier alpha value is -0.900. The van der Waals surface area contributed by atoms with Gasteiger partial charge in [0.1, 0.15) is 5.82 Å². The first-order chi connectivity index (χ1) is 7.54. The lowest BCUT2D eigenvalue weighted by Crippen LogP contribution is -2.15. The van der Waals surface area contributed by atoms with Crippen LogP contribution in [0.5, 0.6) is 0 Å². The minimum Gasteiger partial charge on any atom is -0.321 e. The second kappa shape index (κ2) is 5.99. The number of rotatable bonds is 6. The SMILES string of the molecule is CCCCC(N)c1nc(CC(C)C)nn1C. The van der Waals surface area contributed by atoms with Gasteiger partial charge in [0.2, 0.25) is 0 Å². The summed E-state index contributed by atoms with van der Waals surface area (Å²) in [7, 11) is 1.93. The van der Waals surface area contributed by atoms with Crippen LogP contribution in [0.4, 0.5) is 0 Å². The van der Waals surface area contributed by atoms with Crippen molar-refractivity contribution in [1.82, 2.24) is 14.8 Å². The Bertz CT molecular complexity index is 317. The third kappa shape index (κ3) is 3.59. The summed E-state index contributed by atoms with van der Waals surface area (Å²) >= 11 is 0. The third-order valence-corrected chi connectivity index (χ3v) is 2.63. The molecule has 92 valence electrons. The molecule has 0 aromatic carbocycles. The highest BCUT2D eigenvalue weighted by Crippen LogP contribution is 2.15. The molecule has 0 saturated carbocycles. The van der Waals surface area contributed by atoms with E-state index in [-0.39, 0.29) is 6.04 Å². The normalized spacial score (nSPS) is 13.4. The van der Waals surface area contributed by atoms with Crippen LogP contribution in [0.2, 0.25) is 0 Å². The molecule has 2 N–H and O–H groups in total. The Morgan fingerprint density at radius 2 is 2.06 bits per heavy atom. The lowest BCUT2D eigenvalue weighted by molar-refractivity contribution is 0.543. The fourth-order valence-electron chi connectivity index (χ4n) is 1.78. The highest BCUT2D eigenvalue weighted by molar-refractivity contribution is 4.98. The molecule has 1 aromatic heterocycles. The van der Waals surface area contributed by atoms with Crippen molar-refractivity contribution in [3.63, 3.8) is 0 Å². The van der Waals surface area contributed by atoms with E-state index in [4.69, 9.17) is 5.73 Å². The molecule has 0 spiro atoms. The molecule has 0 saturated heterocycles. The van der Waals surface area contributed by atoms with Crippen LogP contribution in [0, 0.1) is 5.92 Å². The van der Waals surface area contributed by atoms with Gasteiger partial charge in [0, 0.05) is 13.5 Å². The highest BCUT2D eigenvalue weighted by atomic mass is 15.3. The maximum atomic E-state index is 6.10. The molecule has 1 heterocycles. The van der Waals surface area contributed by atoms with Gasteiger partial charge in [-0.15, -0.1) is 0 Å². The Morgan fingerprint density at radius 1 is 1.38 bits per heavy atom. The van der Waals surface area contributed by atoms with Gasteiger partial charge in [-0.05, 0) is 12.3 Å². The molecule has 0 fully saturated rings. The van der Waals surface area contributed by atoms with E-state index in [9.17, 15) is 0 Å². The minimum absolute atomic E-state index is 0.0263. The average molecular weight is 224 g/mol. The lowest BCUT2D eigenvalue weighted by Gasteiger charge is -2.08. The first-order valence-corrected chi connectivity index (χ1v) is 6.20. The zero-order valence-electron chi connectivity index (χ0n) is 10.9. The van der Waals surface area contributed by atoms with Crippen molar-refractivity contribution in [3.8, 4) is 0 Å². The van der Waals surface area contributed by atoms with Gasteiger partial charge in [-0.25, -0.2) is 4.98 Å². The first-order valence-electron chi connectivity index (χ1n) is 6.20. The number of nitrogens with two attached hydrogens (primary N) is 1.